The van der Waals surface area contributed by atoms with Crippen molar-refractivity contribution in [1.29, 1.82) is 0 Å². The van der Waals surface area contributed by atoms with Crippen LogP contribution < -0.4 is 0 Å². The molecule has 0 aromatic heterocycles. The first-order valence-electron chi connectivity index (χ1n) is 8.77. The molecule has 3 rings (SSSR count). The van der Waals surface area contributed by atoms with Gasteiger partial charge in [-0.25, -0.2) is 0 Å². The number of amides is 2. The number of ether oxygens (including phenoxy) is 1. The summed E-state index contributed by atoms with van der Waals surface area (Å²) >= 11 is 0. The van der Waals surface area contributed by atoms with Crippen molar-refractivity contribution in [3.8, 4) is 0 Å². The fraction of sp³-hybridized carbons (Fsp3) is 0.579. The average Bonchev–Trinajstić information content (AvgIpc) is 3.42. The Hall–Kier alpha value is -1.88. The molecule has 0 spiro atoms. The van der Waals surface area contributed by atoms with Crippen LogP contribution in [0.15, 0.2) is 30.3 Å². The van der Waals surface area contributed by atoms with Crippen LogP contribution in [-0.2, 0) is 20.9 Å². The molecule has 0 atom stereocenters. The van der Waals surface area contributed by atoms with Crippen LogP contribution in [0.3, 0.4) is 0 Å². The van der Waals surface area contributed by atoms with E-state index in [2.05, 4.69) is 0 Å². The largest absolute Gasteiger partial charge is 0.378 e. The number of nitrogens with zero attached hydrogens (tertiary/aromatic N) is 2. The molecule has 130 valence electrons. The molecule has 5 heteroatoms. The van der Waals surface area contributed by atoms with Gasteiger partial charge in [0.1, 0.15) is 5.41 Å². The van der Waals surface area contributed by atoms with Gasteiger partial charge in [-0.2, -0.15) is 0 Å². The molecule has 1 aromatic rings. The van der Waals surface area contributed by atoms with Crippen molar-refractivity contribution < 1.29 is 14.3 Å². The van der Waals surface area contributed by atoms with E-state index in [9.17, 15) is 9.59 Å². The Balaban J connectivity index is 1.75. The molecule has 2 aliphatic rings. The second-order valence-electron chi connectivity index (χ2n) is 7.00. The van der Waals surface area contributed by atoms with Crippen LogP contribution in [0.4, 0.5) is 0 Å². The summed E-state index contributed by atoms with van der Waals surface area (Å²) in [4.78, 5) is 29.8. The summed E-state index contributed by atoms with van der Waals surface area (Å²) in [7, 11) is 0. The Labute approximate surface area is 143 Å². The SMILES string of the molecule is CC(C)N(Cc1ccccc1)C(=O)C1(C(=O)N2CCOCC2)CC1. The Bertz CT molecular complexity index is 590. The van der Waals surface area contributed by atoms with Gasteiger partial charge in [0, 0.05) is 25.7 Å². The first kappa shape index (κ1) is 17.0. The van der Waals surface area contributed by atoms with E-state index in [-0.39, 0.29) is 17.9 Å². The molecule has 0 bridgehead atoms. The van der Waals surface area contributed by atoms with Crippen LogP contribution in [0.25, 0.3) is 0 Å². The van der Waals surface area contributed by atoms with Crippen molar-refractivity contribution in [2.45, 2.75) is 39.3 Å². The van der Waals surface area contributed by atoms with Crippen molar-refractivity contribution in [3.05, 3.63) is 35.9 Å². The second-order valence-corrected chi connectivity index (χ2v) is 7.00. The lowest BCUT2D eigenvalue weighted by molar-refractivity contribution is -0.153. The van der Waals surface area contributed by atoms with Gasteiger partial charge in [0.15, 0.2) is 0 Å². The van der Waals surface area contributed by atoms with Crippen molar-refractivity contribution in [3.63, 3.8) is 0 Å². The van der Waals surface area contributed by atoms with Crippen LogP contribution in [0.5, 0.6) is 0 Å². The zero-order chi connectivity index (χ0) is 17.2. The number of hydrogen-bond acceptors (Lipinski definition) is 3. The highest BCUT2D eigenvalue weighted by molar-refractivity contribution is 6.08. The van der Waals surface area contributed by atoms with E-state index >= 15 is 0 Å². The monoisotopic (exact) mass is 330 g/mol. The number of rotatable bonds is 5. The summed E-state index contributed by atoms with van der Waals surface area (Å²) < 4.78 is 5.32. The molecule has 0 unspecified atom stereocenters. The molecule has 1 aromatic carbocycles. The Kier molecular flexibility index (Phi) is 4.90. The van der Waals surface area contributed by atoms with Gasteiger partial charge < -0.3 is 14.5 Å². The predicted octanol–water partition coefficient (Wildman–Crippen LogP) is 2.06. The maximum atomic E-state index is 13.2. The molecular formula is C19H26N2O3. The zero-order valence-electron chi connectivity index (χ0n) is 14.5. The highest BCUT2D eigenvalue weighted by Gasteiger charge is 2.59. The topological polar surface area (TPSA) is 49.9 Å². The Morgan fingerprint density at radius 3 is 2.33 bits per heavy atom. The molecule has 1 aliphatic heterocycles. The van der Waals surface area contributed by atoms with Crippen molar-refractivity contribution in [2.24, 2.45) is 5.41 Å². The maximum absolute atomic E-state index is 13.2. The molecule has 1 heterocycles. The van der Waals surface area contributed by atoms with Gasteiger partial charge in [-0.05, 0) is 32.3 Å². The summed E-state index contributed by atoms with van der Waals surface area (Å²) in [5, 5.41) is 0. The normalized spacial score (nSPS) is 19.2. The van der Waals surface area contributed by atoms with Crippen molar-refractivity contribution >= 4 is 11.8 Å². The quantitative estimate of drug-likeness (QED) is 0.777. The fourth-order valence-corrected chi connectivity index (χ4v) is 3.26. The third-order valence-electron chi connectivity index (χ3n) is 4.95. The number of hydrogen-bond donors (Lipinski definition) is 0. The molecule has 24 heavy (non-hydrogen) atoms. The molecule has 5 nitrogen and oxygen atoms in total. The molecule has 0 N–H and O–H groups in total. The van der Waals surface area contributed by atoms with Gasteiger partial charge in [0.2, 0.25) is 11.8 Å². The Morgan fingerprint density at radius 2 is 1.79 bits per heavy atom. The summed E-state index contributed by atoms with van der Waals surface area (Å²) in [5.41, 5.74) is 0.269. The average molecular weight is 330 g/mol. The van der Waals surface area contributed by atoms with Gasteiger partial charge in [-0.1, -0.05) is 30.3 Å². The third kappa shape index (κ3) is 3.31. The summed E-state index contributed by atoms with van der Waals surface area (Å²) in [5.74, 6) is -0.0210. The summed E-state index contributed by atoms with van der Waals surface area (Å²) in [6.07, 6.45) is 1.33. The smallest absolute Gasteiger partial charge is 0.238 e. The molecule has 2 fully saturated rings. The maximum Gasteiger partial charge on any atom is 0.238 e. The first-order valence-corrected chi connectivity index (χ1v) is 8.77. The van der Waals surface area contributed by atoms with E-state index < -0.39 is 5.41 Å². The van der Waals surface area contributed by atoms with Gasteiger partial charge >= 0.3 is 0 Å². The number of carbonyl (C=O) groups is 2. The van der Waals surface area contributed by atoms with Crippen LogP contribution in [-0.4, -0.2) is 54.0 Å². The molecule has 2 amide bonds. The van der Waals surface area contributed by atoms with Crippen molar-refractivity contribution in [1.82, 2.24) is 9.80 Å². The van der Waals surface area contributed by atoms with E-state index in [1.807, 2.05) is 49.1 Å². The van der Waals surface area contributed by atoms with Crippen LogP contribution >= 0.6 is 0 Å². The van der Waals surface area contributed by atoms with Crippen LogP contribution in [0.2, 0.25) is 0 Å². The summed E-state index contributed by atoms with van der Waals surface area (Å²) in [6.45, 7) is 6.88. The van der Waals surface area contributed by atoms with Gasteiger partial charge in [-0.3, -0.25) is 9.59 Å². The zero-order valence-corrected chi connectivity index (χ0v) is 14.5. The fourth-order valence-electron chi connectivity index (χ4n) is 3.26. The van der Waals surface area contributed by atoms with Gasteiger partial charge in [0.25, 0.3) is 0 Å². The summed E-state index contributed by atoms with van der Waals surface area (Å²) in [6, 6.07) is 10.0. The lowest BCUT2D eigenvalue weighted by Crippen LogP contribution is -2.51. The third-order valence-corrected chi connectivity index (χ3v) is 4.95. The van der Waals surface area contributed by atoms with E-state index in [1.165, 1.54) is 0 Å². The van der Waals surface area contributed by atoms with E-state index in [0.717, 1.165) is 5.56 Å². The van der Waals surface area contributed by atoms with E-state index in [0.29, 0.717) is 45.7 Å². The van der Waals surface area contributed by atoms with Gasteiger partial charge in [0.05, 0.1) is 13.2 Å². The molecular weight excluding hydrogens is 304 g/mol. The molecule has 1 saturated carbocycles. The van der Waals surface area contributed by atoms with Crippen molar-refractivity contribution in [2.75, 3.05) is 26.3 Å². The first-order chi connectivity index (χ1) is 11.5. The minimum atomic E-state index is -0.823. The molecule has 1 aliphatic carbocycles. The molecule has 0 radical (unpaired) electrons. The molecule has 1 saturated heterocycles. The number of benzene rings is 1. The Morgan fingerprint density at radius 1 is 1.17 bits per heavy atom. The van der Waals surface area contributed by atoms with Crippen LogP contribution in [0.1, 0.15) is 32.3 Å². The minimum absolute atomic E-state index is 0.00508. The minimum Gasteiger partial charge on any atom is -0.378 e. The van der Waals surface area contributed by atoms with E-state index in [4.69, 9.17) is 4.74 Å². The van der Waals surface area contributed by atoms with E-state index in [1.54, 1.807) is 4.90 Å². The lowest BCUT2D eigenvalue weighted by Gasteiger charge is -2.34. The highest BCUT2D eigenvalue weighted by atomic mass is 16.5. The lowest BCUT2D eigenvalue weighted by atomic mass is 10.0. The number of morpholine rings is 1. The second kappa shape index (κ2) is 6.93. The predicted molar refractivity (Wildman–Crippen MR) is 91.2 cm³/mol. The standard InChI is InChI=1S/C19H26N2O3/c1-15(2)21(14-16-6-4-3-5-7-16)18(23)19(8-9-19)17(22)20-10-12-24-13-11-20/h3-7,15H,8-14H2,1-2H3. The highest BCUT2D eigenvalue weighted by Crippen LogP contribution is 2.49. The van der Waals surface area contributed by atoms with Crippen LogP contribution in [0, 0.1) is 5.41 Å². The van der Waals surface area contributed by atoms with Gasteiger partial charge in [-0.15, -0.1) is 0 Å². The number of carbonyl (C=O) groups excluding carboxylic acids is 2.